The van der Waals surface area contributed by atoms with Crippen molar-refractivity contribution in [2.75, 3.05) is 32.5 Å². The van der Waals surface area contributed by atoms with Gasteiger partial charge in [-0.05, 0) is 103 Å². The Labute approximate surface area is 228 Å². The zero-order valence-corrected chi connectivity index (χ0v) is 22.6. The van der Waals surface area contributed by atoms with E-state index in [9.17, 15) is 23.4 Å². The zero-order chi connectivity index (χ0) is 27.6. The van der Waals surface area contributed by atoms with Crippen LogP contribution in [-0.4, -0.2) is 61.8 Å². The highest BCUT2D eigenvalue weighted by atomic mass is 32.2. The van der Waals surface area contributed by atoms with Crippen LogP contribution in [0.25, 0.3) is 21.9 Å². The third-order valence-electron chi connectivity index (χ3n) is 7.16. The maximum absolute atomic E-state index is 13.9. The molecule has 7 nitrogen and oxygen atoms in total. The van der Waals surface area contributed by atoms with Gasteiger partial charge in [-0.25, -0.2) is 8.42 Å². The van der Waals surface area contributed by atoms with Crippen molar-refractivity contribution in [2.24, 2.45) is 0 Å². The van der Waals surface area contributed by atoms with Crippen LogP contribution in [0, 0.1) is 0 Å². The highest BCUT2D eigenvalue weighted by Crippen LogP contribution is 2.38. The van der Waals surface area contributed by atoms with E-state index in [4.69, 9.17) is 4.74 Å². The van der Waals surface area contributed by atoms with Gasteiger partial charge < -0.3 is 14.9 Å². The SMILES string of the molecule is CS(=O)(=O)c1ccc(-c2ccc3cc(O)ccc3c2C(=O)c2ccc(OCCN3CCCCC3)cc2)c(O)c1. The van der Waals surface area contributed by atoms with Gasteiger partial charge in [0, 0.05) is 29.5 Å². The summed E-state index contributed by atoms with van der Waals surface area (Å²) in [6.07, 6.45) is 4.82. The summed E-state index contributed by atoms with van der Waals surface area (Å²) in [6.45, 7) is 3.66. The van der Waals surface area contributed by atoms with Gasteiger partial charge in [-0.2, -0.15) is 0 Å². The first kappa shape index (κ1) is 26.7. The van der Waals surface area contributed by atoms with Crippen LogP contribution in [0.3, 0.4) is 0 Å². The molecule has 0 aliphatic carbocycles. The van der Waals surface area contributed by atoms with E-state index in [0.717, 1.165) is 25.9 Å². The molecule has 0 saturated carbocycles. The summed E-state index contributed by atoms with van der Waals surface area (Å²) in [5.74, 6) is 0.232. The Balaban J connectivity index is 1.47. The minimum Gasteiger partial charge on any atom is -0.508 e. The Kier molecular flexibility index (Phi) is 7.59. The van der Waals surface area contributed by atoms with Crippen LogP contribution >= 0.6 is 0 Å². The molecule has 0 unspecified atom stereocenters. The second kappa shape index (κ2) is 11.1. The van der Waals surface area contributed by atoms with Crippen LogP contribution in [0.15, 0.2) is 77.7 Å². The molecular weight excluding hydrogens is 514 g/mol. The lowest BCUT2D eigenvalue weighted by atomic mass is 9.89. The molecule has 1 heterocycles. The summed E-state index contributed by atoms with van der Waals surface area (Å²) in [7, 11) is -3.52. The molecule has 0 aromatic heterocycles. The molecule has 1 saturated heterocycles. The number of benzene rings is 4. The number of rotatable bonds is 8. The van der Waals surface area contributed by atoms with Crippen molar-refractivity contribution in [3.8, 4) is 28.4 Å². The molecule has 0 spiro atoms. The lowest BCUT2D eigenvalue weighted by molar-refractivity contribution is 0.104. The van der Waals surface area contributed by atoms with E-state index in [2.05, 4.69) is 4.90 Å². The van der Waals surface area contributed by atoms with Crippen molar-refractivity contribution in [3.63, 3.8) is 0 Å². The van der Waals surface area contributed by atoms with Gasteiger partial charge in [-0.1, -0.05) is 18.6 Å². The zero-order valence-electron chi connectivity index (χ0n) is 21.8. The highest BCUT2D eigenvalue weighted by Gasteiger charge is 2.22. The number of carbonyl (C=O) groups is 1. The molecule has 1 aliphatic heterocycles. The molecule has 0 radical (unpaired) electrons. The van der Waals surface area contributed by atoms with E-state index >= 15 is 0 Å². The summed E-state index contributed by atoms with van der Waals surface area (Å²) in [5, 5.41) is 22.0. The van der Waals surface area contributed by atoms with Crippen molar-refractivity contribution in [1.82, 2.24) is 4.90 Å². The number of piperidine rings is 1. The van der Waals surface area contributed by atoms with E-state index < -0.39 is 9.84 Å². The van der Waals surface area contributed by atoms with Crippen LogP contribution in [0.2, 0.25) is 0 Å². The lowest BCUT2D eigenvalue weighted by Gasteiger charge is -2.26. The summed E-state index contributed by atoms with van der Waals surface area (Å²) in [4.78, 5) is 16.3. The van der Waals surface area contributed by atoms with Gasteiger partial charge in [0.05, 0.1) is 4.90 Å². The molecule has 0 bridgehead atoms. The average Bonchev–Trinajstić information content (AvgIpc) is 2.92. The fraction of sp³-hybridized carbons (Fsp3) is 0.258. The van der Waals surface area contributed by atoms with Gasteiger partial charge in [0.15, 0.2) is 15.6 Å². The van der Waals surface area contributed by atoms with Gasteiger partial charge in [-0.3, -0.25) is 9.69 Å². The fourth-order valence-corrected chi connectivity index (χ4v) is 5.72. The Morgan fingerprint density at radius 3 is 2.28 bits per heavy atom. The predicted molar refractivity (Wildman–Crippen MR) is 151 cm³/mol. The van der Waals surface area contributed by atoms with E-state index in [1.807, 2.05) is 0 Å². The van der Waals surface area contributed by atoms with Gasteiger partial charge in [0.25, 0.3) is 0 Å². The monoisotopic (exact) mass is 545 g/mol. The number of hydrogen-bond acceptors (Lipinski definition) is 7. The number of hydrogen-bond donors (Lipinski definition) is 2. The van der Waals surface area contributed by atoms with Crippen LogP contribution < -0.4 is 4.74 Å². The van der Waals surface area contributed by atoms with Crippen LogP contribution in [0.4, 0.5) is 0 Å². The van der Waals surface area contributed by atoms with E-state index in [1.54, 1.807) is 48.5 Å². The first-order chi connectivity index (χ1) is 18.7. The van der Waals surface area contributed by atoms with Gasteiger partial charge >= 0.3 is 0 Å². The molecule has 8 heteroatoms. The number of ether oxygens (including phenoxy) is 1. The highest BCUT2D eigenvalue weighted by molar-refractivity contribution is 7.90. The average molecular weight is 546 g/mol. The molecular formula is C31H31NO6S. The summed E-state index contributed by atoms with van der Waals surface area (Å²) in [6, 6.07) is 19.3. The quantitative estimate of drug-likeness (QED) is 0.285. The summed E-state index contributed by atoms with van der Waals surface area (Å²) in [5.41, 5.74) is 1.57. The number of likely N-dealkylation sites (tertiary alicyclic amines) is 1. The second-order valence-corrected chi connectivity index (χ2v) is 12.0. The Morgan fingerprint density at radius 2 is 1.59 bits per heavy atom. The Hall–Kier alpha value is -3.88. The van der Waals surface area contributed by atoms with Gasteiger partial charge in [0.1, 0.15) is 23.9 Å². The van der Waals surface area contributed by atoms with Crippen molar-refractivity contribution in [1.29, 1.82) is 0 Å². The number of carbonyl (C=O) groups excluding carboxylic acids is 1. The van der Waals surface area contributed by atoms with Gasteiger partial charge in [-0.15, -0.1) is 0 Å². The van der Waals surface area contributed by atoms with Crippen molar-refractivity contribution >= 4 is 26.4 Å². The fourth-order valence-electron chi connectivity index (χ4n) is 5.08. The molecule has 5 rings (SSSR count). The number of phenolic OH excluding ortho intramolecular Hbond substituents is 2. The topological polar surface area (TPSA) is 104 Å². The molecule has 39 heavy (non-hydrogen) atoms. The molecule has 0 amide bonds. The maximum Gasteiger partial charge on any atom is 0.194 e. The van der Waals surface area contributed by atoms with Gasteiger partial charge in [0.2, 0.25) is 0 Å². The molecule has 0 atom stereocenters. The molecule has 1 fully saturated rings. The minimum atomic E-state index is -3.52. The number of ketones is 1. The van der Waals surface area contributed by atoms with Crippen LogP contribution in [0.1, 0.15) is 35.2 Å². The smallest absolute Gasteiger partial charge is 0.194 e. The Morgan fingerprint density at radius 1 is 0.872 bits per heavy atom. The largest absolute Gasteiger partial charge is 0.508 e. The first-order valence-corrected chi connectivity index (χ1v) is 14.9. The van der Waals surface area contributed by atoms with Crippen LogP contribution in [0.5, 0.6) is 17.2 Å². The minimum absolute atomic E-state index is 0.0155. The van der Waals surface area contributed by atoms with Crippen LogP contribution in [-0.2, 0) is 9.84 Å². The van der Waals surface area contributed by atoms with E-state index in [1.165, 1.54) is 43.5 Å². The number of nitrogens with zero attached hydrogens (tertiary/aromatic N) is 1. The maximum atomic E-state index is 13.9. The predicted octanol–water partition coefficient (Wildman–Crippen LogP) is 5.42. The number of aromatic hydroxyl groups is 2. The summed E-state index contributed by atoms with van der Waals surface area (Å²) < 4.78 is 29.9. The molecule has 2 N–H and O–H groups in total. The van der Waals surface area contributed by atoms with E-state index in [-0.39, 0.29) is 22.2 Å². The molecule has 202 valence electrons. The standard InChI is InChI=1S/C31H31NO6S/c1-39(36,37)25-11-14-27(29(34)20-25)28-12-7-22-19-23(33)8-13-26(22)30(28)31(35)21-5-9-24(10-6-21)38-18-17-32-15-3-2-4-16-32/h5-14,19-20,33-34H,2-4,15-18H2,1H3. The number of fused-ring (bicyclic) bond motifs is 1. The molecule has 4 aromatic rings. The first-order valence-electron chi connectivity index (χ1n) is 13.0. The van der Waals surface area contributed by atoms with Crippen molar-refractivity contribution in [2.45, 2.75) is 24.2 Å². The normalized spacial score (nSPS) is 14.4. The molecule has 1 aliphatic rings. The third kappa shape index (κ3) is 5.92. The number of phenols is 2. The van der Waals surface area contributed by atoms with E-state index in [0.29, 0.717) is 45.4 Å². The van der Waals surface area contributed by atoms with Crippen molar-refractivity contribution < 1.29 is 28.2 Å². The molecule has 4 aromatic carbocycles. The second-order valence-electron chi connectivity index (χ2n) is 9.95. The lowest BCUT2D eigenvalue weighted by Crippen LogP contribution is -2.33. The summed E-state index contributed by atoms with van der Waals surface area (Å²) >= 11 is 0. The Bertz CT molecular complexity index is 1620. The van der Waals surface area contributed by atoms with Crippen molar-refractivity contribution in [3.05, 3.63) is 83.9 Å². The number of sulfone groups is 1. The third-order valence-corrected chi connectivity index (χ3v) is 8.27.